The molecular formula is C11H18N8O. The number of carbonyl (C=O) groups excluding carboxylic acids is 1. The quantitative estimate of drug-likeness (QED) is 0.391. The van der Waals surface area contributed by atoms with Crippen LogP contribution in [0.3, 0.4) is 0 Å². The molecule has 0 aromatic carbocycles. The number of carbonyl (C=O) groups is 1. The smallest absolute Gasteiger partial charge is 0.241 e. The van der Waals surface area contributed by atoms with Crippen molar-refractivity contribution in [3.05, 3.63) is 6.20 Å². The van der Waals surface area contributed by atoms with E-state index in [0.29, 0.717) is 16.9 Å². The number of hydrazine groups is 1. The van der Waals surface area contributed by atoms with Crippen LogP contribution in [0.4, 0.5) is 11.8 Å². The number of anilines is 2. The van der Waals surface area contributed by atoms with E-state index in [-0.39, 0.29) is 23.9 Å². The number of rotatable bonds is 4. The van der Waals surface area contributed by atoms with Crippen LogP contribution in [0.25, 0.3) is 11.0 Å². The minimum absolute atomic E-state index is 0.0958. The lowest BCUT2D eigenvalue weighted by Crippen LogP contribution is -2.43. The molecule has 0 unspecified atom stereocenters. The number of amides is 1. The van der Waals surface area contributed by atoms with Crippen molar-refractivity contribution in [2.24, 2.45) is 5.84 Å². The lowest BCUT2D eigenvalue weighted by molar-refractivity contribution is -0.120. The number of nitrogen functional groups attached to an aromatic ring is 1. The minimum Gasteiger partial charge on any atom is -0.360 e. The van der Waals surface area contributed by atoms with Crippen LogP contribution in [0, 0.1) is 0 Å². The highest BCUT2D eigenvalue weighted by Crippen LogP contribution is 2.19. The number of aromatic amines is 1. The molecule has 0 aliphatic carbocycles. The Morgan fingerprint density at radius 1 is 1.40 bits per heavy atom. The van der Waals surface area contributed by atoms with Crippen molar-refractivity contribution in [2.75, 3.05) is 17.3 Å². The molecule has 20 heavy (non-hydrogen) atoms. The van der Waals surface area contributed by atoms with Gasteiger partial charge < -0.3 is 10.6 Å². The number of nitrogens with two attached hydrogens (primary N) is 1. The Kier molecular flexibility index (Phi) is 3.70. The molecule has 0 aliphatic rings. The van der Waals surface area contributed by atoms with E-state index in [1.54, 1.807) is 6.20 Å². The Labute approximate surface area is 115 Å². The van der Waals surface area contributed by atoms with E-state index in [2.05, 4.69) is 36.2 Å². The first-order chi connectivity index (χ1) is 9.39. The first-order valence-electron chi connectivity index (χ1n) is 6.11. The summed E-state index contributed by atoms with van der Waals surface area (Å²) in [5, 5.41) is 13.1. The first kappa shape index (κ1) is 14.0. The van der Waals surface area contributed by atoms with Gasteiger partial charge in [-0.3, -0.25) is 15.3 Å². The normalized spacial score (nSPS) is 11.4. The van der Waals surface area contributed by atoms with Gasteiger partial charge in [-0.05, 0) is 20.8 Å². The second-order valence-corrected chi connectivity index (χ2v) is 5.32. The van der Waals surface area contributed by atoms with Crippen LogP contribution in [-0.4, -0.2) is 38.2 Å². The molecule has 0 fully saturated rings. The fourth-order valence-corrected chi connectivity index (χ4v) is 1.66. The van der Waals surface area contributed by atoms with Gasteiger partial charge in [0.1, 0.15) is 5.82 Å². The van der Waals surface area contributed by atoms with Crippen LogP contribution < -0.4 is 21.9 Å². The van der Waals surface area contributed by atoms with Crippen LogP contribution in [0.2, 0.25) is 0 Å². The van der Waals surface area contributed by atoms with Gasteiger partial charge in [0, 0.05) is 5.54 Å². The molecule has 0 saturated heterocycles. The number of H-pyrrole nitrogens is 1. The Balaban J connectivity index is 2.13. The van der Waals surface area contributed by atoms with Gasteiger partial charge in [-0.15, -0.1) is 0 Å². The van der Waals surface area contributed by atoms with Gasteiger partial charge in [0.2, 0.25) is 11.9 Å². The number of nitrogens with zero attached hydrogens (tertiary/aromatic N) is 3. The van der Waals surface area contributed by atoms with E-state index in [4.69, 9.17) is 5.84 Å². The molecule has 0 saturated carbocycles. The molecule has 0 radical (unpaired) electrons. The molecule has 9 heteroatoms. The lowest BCUT2D eigenvalue weighted by Gasteiger charge is -2.20. The topological polar surface area (TPSA) is 134 Å². The summed E-state index contributed by atoms with van der Waals surface area (Å²) in [6.07, 6.45) is 1.58. The summed E-state index contributed by atoms with van der Waals surface area (Å²) < 4.78 is 0. The Hall–Kier alpha value is -2.42. The molecular weight excluding hydrogens is 260 g/mol. The van der Waals surface area contributed by atoms with Crippen molar-refractivity contribution in [3.63, 3.8) is 0 Å². The highest BCUT2D eigenvalue weighted by molar-refractivity contribution is 5.89. The average molecular weight is 278 g/mol. The molecule has 2 aromatic heterocycles. The largest absolute Gasteiger partial charge is 0.360 e. The summed E-state index contributed by atoms with van der Waals surface area (Å²) in [4.78, 5) is 20.0. The van der Waals surface area contributed by atoms with Crippen LogP contribution in [0.15, 0.2) is 6.20 Å². The maximum Gasteiger partial charge on any atom is 0.241 e. The summed E-state index contributed by atoms with van der Waals surface area (Å²) in [6.45, 7) is 5.85. The monoisotopic (exact) mass is 278 g/mol. The van der Waals surface area contributed by atoms with Gasteiger partial charge in [0.05, 0.1) is 18.1 Å². The fourth-order valence-electron chi connectivity index (χ4n) is 1.66. The first-order valence-corrected chi connectivity index (χ1v) is 6.11. The van der Waals surface area contributed by atoms with Crippen molar-refractivity contribution in [1.82, 2.24) is 25.5 Å². The molecule has 1 amide bonds. The number of nitrogens with one attached hydrogen (secondary N) is 4. The molecule has 108 valence electrons. The summed E-state index contributed by atoms with van der Waals surface area (Å²) in [6, 6.07) is 0. The van der Waals surface area contributed by atoms with E-state index in [0.717, 1.165) is 0 Å². The molecule has 2 aromatic rings. The van der Waals surface area contributed by atoms with Gasteiger partial charge in [0.25, 0.3) is 0 Å². The number of fused-ring (bicyclic) bond motifs is 1. The molecule has 6 N–H and O–H groups in total. The molecule has 2 heterocycles. The van der Waals surface area contributed by atoms with Crippen LogP contribution in [-0.2, 0) is 4.79 Å². The maximum absolute atomic E-state index is 11.8. The van der Waals surface area contributed by atoms with Gasteiger partial charge >= 0.3 is 0 Å². The molecule has 0 spiro atoms. The second kappa shape index (κ2) is 5.29. The maximum atomic E-state index is 11.8. The standard InChI is InChI=1S/C11H18N8O/c1-11(2,3)17-7(20)5-13-8-6-4-14-19-9(6)16-10(15-8)18-12/h4H,5,12H2,1-3H3,(H,17,20)(H3,13,14,15,16,18,19). The van der Waals surface area contributed by atoms with Crippen LogP contribution in [0.1, 0.15) is 20.8 Å². The zero-order valence-electron chi connectivity index (χ0n) is 11.6. The van der Waals surface area contributed by atoms with Gasteiger partial charge in [-0.25, -0.2) is 5.84 Å². The highest BCUT2D eigenvalue weighted by Gasteiger charge is 2.15. The van der Waals surface area contributed by atoms with E-state index in [9.17, 15) is 4.79 Å². The van der Waals surface area contributed by atoms with Crippen molar-refractivity contribution >= 4 is 28.7 Å². The SMILES string of the molecule is CC(C)(C)NC(=O)CNc1nc(NN)nc2[nH]ncc12. The van der Waals surface area contributed by atoms with E-state index >= 15 is 0 Å². The predicted molar refractivity (Wildman–Crippen MR) is 75.9 cm³/mol. The number of hydrogen-bond donors (Lipinski definition) is 5. The van der Waals surface area contributed by atoms with Crippen molar-refractivity contribution in [1.29, 1.82) is 0 Å². The molecule has 9 nitrogen and oxygen atoms in total. The molecule has 0 bridgehead atoms. The highest BCUT2D eigenvalue weighted by atomic mass is 16.2. The lowest BCUT2D eigenvalue weighted by atomic mass is 10.1. The Morgan fingerprint density at radius 3 is 2.80 bits per heavy atom. The second-order valence-electron chi connectivity index (χ2n) is 5.32. The summed E-state index contributed by atoms with van der Waals surface area (Å²) in [5.74, 6) is 5.90. The van der Waals surface area contributed by atoms with E-state index in [1.807, 2.05) is 20.8 Å². The number of aromatic nitrogens is 4. The predicted octanol–water partition coefficient (Wildman–Crippen LogP) is -0.0349. The summed E-state index contributed by atoms with van der Waals surface area (Å²) in [7, 11) is 0. The Bertz CT molecular complexity index is 614. The summed E-state index contributed by atoms with van der Waals surface area (Å²) >= 11 is 0. The summed E-state index contributed by atoms with van der Waals surface area (Å²) in [5.41, 5.74) is 2.62. The van der Waals surface area contributed by atoms with Crippen molar-refractivity contribution < 1.29 is 4.79 Å². The number of hydrogen-bond acceptors (Lipinski definition) is 7. The van der Waals surface area contributed by atoms with E-state index in [1.165, 1.54) is 0 Å². The average Bonchev–Trinajstić information content (AvgIpc) is 2.81. The third-order valence-electron chi connectivity index (χ3n) is 2.37. The third-order valence-corrected chi connectivity index (χ3v) is 2.37. The van der Waals surface area contributed by atoms with Crippen molar-refractivity contribution in [3.8, 4) is 0 Å². The third kappa shape index (κ3) is 3.32. The molecule has 0 aliphatic heterocycles. The Morgan fingerprint density at radius 2 is 2.15 bits per heavy atom. The fraction of sp³-hybridized carbons (Fsp3) is 0.455. The van der Waals surface area contributed by atoms with Crippen LogP contribution in [0.5, 0.6) is 0 Å². The molecule has 2 rings (SSSR count). The van der Waals surface area contributed by atoms with Gasteiger partial charge in [-0.1, -0.05) is 0 Å². The zero-order chi connectivity index (χ0) is 14.8. The van der Waals surface area contributed by atoms with Gasteiger partial charge in [-0.2, -0.15) is 15.1 Å². The minimum atomic E-state index is -0.278. The van der Waals surface area contributed by atoms with E-state index < -0.39 is 0 Å². The van der Waals surface area contributed by atoms with Crippen LogP contribution >= 0.6 is 0 Å². The van der Waals surface area contributed by atoms with Gasteiger partial charge in [0.15, 0.2) is 5.65 Å². The molecule has 0 atom stereocenters. The van der Waals surface area contributed by atoms with Crippen molar-refractivity contribution in [2.45, 2.75) is 26.3 Å². The zero-order valence-corrected chi connectivity index (χ0v) is 11.6.